The van der Waals surface area contributed by atoms with Crippen molar-refractivity contribution in [2.45, 2.75) is 0 Å². The van der Waals surface area contributed by atoms with Crippen LogP contribution in [0.15, 0.2) is 18.3 Å². The lowest BCUT2D eigenvalue weighted by Crippen LogP contribution is -2.36. The van der Waals surface area contributed by atoms with E-state index in [1.165, 1.54) is 6.07 Å². The summed E-state index contributed by atoms with van der Waals surface area (Å²) in [5.41, 5.74) is 3.05. The largest absolute Gasteiger partial charge is 0.378 e. The molecule has 0 amide bonds. The Hall–Kier alpha value is -2.94. The van der Waals surface area contributed by atoms with Gasteiger partial charge in [0.25, 0.3) is 0 Å². The van der Waals surface area contributed by atoms with Crippen LogP contribution in [-0.2, 0) is 9.53 Å². The van der Waals surface area contributed by atoms with Gasteiger partial charge in [-0.25, -0.2) is 9.37 Å². The minimum atomic E-state index is -0.298. The lowest BCUT2D eigenvalue weighted by molar-refractivity contribution is -0.106. The van der Waals surface area contributed by atoms with Crippen molar-refractivity contribution in [1.29, 1.82) is 0 Å². The summed E-state index contributed by atoms with van der Waals surface area (Å²) in [7, 11) is 0. The summed E-state index contributed by atoms with van der Waals surface area (Å²) in [5, 5.41) is 9.75. The Morgan fingerprint density at radius 3 is 3.00 bits per heavy atom. The SMILES string of the molecule is O=CCNc1cn[nH]c1-c1nc2cc(N3CCOCC3)c(F)cc2[nH]1. The Kier molecular flexibility index (Phi) is 4.06. The van der Waals surface area contributed by atoms with Crippen molar-refractivity contribution in [2.75, 3.05) is 43.1 Å². The second-order valence-electron chi connectivity index (χ2n) is 5.71. The molecule has 25 heavy (non-hydrogen) atoms. The van der Waals surface area contributed by atoms with Crippen LogP contribution in [0, 0.1) is 5.82 Å². The number of fused-ring (bicyclic) bond motifs is 1. The molecule has 0 saturated carbocycles. The highest BCUT2D eigenvalue weighted by Crippen LogP contribution is 2.29. The fourth-order valence-electron chi connectivity index (χ4n) is 2.94. The van der Waals surface area contributed by atoms with Crippen LogP contribution in [0.2, 0.25) is 0 Å². The minimum absolute atomic E-state index is 0.169. The highest BCUT2D eigenvalue weighted by Gasteiger charge is 2.18. The van der Waals surface area contributed by atoms with Crippen LogP contribution in [-0.4, -0.2) is 59.3 Å². The van der Waals surface area contributed by atoms with E-state index in [1.54, 1.807) is 12.3 Å². The number of hydrogen-bond donors (Lipinski definition) is 3. The van der Waals surface area contributed by atoms with E-state index in [0.717, 1.165) is 6.29 Å². The topological polar surface area (TPSA) is 98.9 Å². The number of morpholine rings is 1. The van der Waals surface area contributed by atoms with Crippen molar-refractivity contribution in [3.05, 3.63) is 24.1 Å². The lowest BCUT2D eigenvalue weighted by Gasteiger charge is -2.29. The molecule has 1 fully saturated rings. The Balaban J connectivity index is 1.71. The number of aromatic amines is 2. The Labute approximate surface area is 142 Å². The van der Waals surface area contributed by atoms with Gasteiger partial charge in [0.15, 0.2) is 5.82 Å². The molecule has 0 atom stereocenters. The zero-order valence-corrected chi connectivity index (χ0v) is 13.4. The molecule has 0 bridgehead atoms. The summed E-state index contributed by atoms with van der Waals surface area (Å²) in [5.74, 6) is 0.230. The number of halogens is 1. The van der Waals surface area contributed by atoms with E-state index in [4.69, 9.17) is 4.74 Å². The molecule has 1 aliphatic heterocycles. The molecular formula is C16H17FN6O2. The second kappa shape index (κ2) is 6.52. The monoisotopic (exact) mass is 344 g/mol. The molecule has 130 valence electrons. The number of nitrogens with zero attached hydrogens (tertiary/aromatic N) is 3. The highest BCUT2D eigenvalue weighted by molar-refractivity contribution is 5.84. The number of anilines is 2. The molecule has 1 aliphatic rings. The molecule has 1 saturated heterocycles. The van der Waals surface area contributed by atoms with Crippen molar-refractivity contribution in [3.8, 4) is 11.5 Å². The van der Waals surface area contributed by atoms with Crippen molar-refractivity contribution in [3.63, 3.8) is 0 Å². The van der Waals surface area contributed by atoms with Gasteiger partial charge in [0, 0.05) is 19.2 Å². The summed E-state index contributed by atoms with van der Waals surface area (Å²) in [6.45, 7) is 2.65. The predicted molar refractivity (Wildman–Crippen MR) is 91.2 cm³/mol. The molecular weight excluding hydrogens is 327 g/mol. The predicted octanol–water partition coefficient (Wildman–Crippen LogP) is 1.54. The molecule has 0 aliphatic carbocycles. The van der Waals surface area contributed by atoms with Gasteiger partial charge in [0.2, 0.25) is 0 Å². The van der Waals surface area contributed by atoms with E-state index in [1.807, 2.05) is 4.90 Å². The number of ether oxygens (including phenoxy) is 1. The number of aromatic nitrogens is 4. The molecule has 0 unspecified atom stereocenters. The summed E-state index contributed by atoms with van der Waals surface area (Å²) in [4.78, 5) is 20.1. The maximum atomic E-state index is 14.5. The molecule has 8 nitrogen and oxygen atoms in total. The van der Waals surface area contributed by atoms with Crippen LogP contribution in [0.1, 0.15) is 0 Å². The summed E-state index contributed by atoms with van der Waals surface area (Å²) in [6.07, 6.45) is 2.34. The molecule has 0 radical (unpaired) electrons. The molecule has 9 heteroatoms. The highest BCUT2D eigenvalue weighted by atomic mass is 19.1. The first kappa shape index (κ1) is 15.6. The van der Waals surface area contributed by atoms with Crippen LogP contribution in [0.4, 0.5) is 15.8 Å². The third kappa shape index (κ3) is 2.93. The van der Waals surface area contributed by atoms with Gasteiger partial charge in [-0.3, -0.25) is 5.10 Å². The fourth-order valence-corrected chi connectivity index (χ4v) is 2.94. The molecule has 3 heterocycles. The number of imidazole rings is 1. The van der Waals surface area contributed by atoms with E-state index in [2.05, 4.69) is 25.5 Å². The van der Waals surface area contributed by atoms with Crippen LogP contribution in [0.5, 0.6) is 0 Å². The number of hydrogen-bond acceptors (Lipinski definition) is 6. The van der Waals surface area contributed by atoms with E-state index in [-0.39, 0.29) is 12.4 Å². The van der Waals surface area contributed by atoms with Crippen LogP contribution in [0.25, 0.3) is 22.6 Å². The molecule has 3 N–H and O–H groups in total. The van der Waals surface area contributed by atoms with Gasteiger partial charge >= 0.3 is 0 Å². The third-order valence-corrected chi connectivity index (χ3v) is 4.15. The van der Waals surface area contributed by atoms with E-state index in [0.29, 0.717) is 60.2 Å². The second-order valence-corrected chi connectivity index (χ2v) is 5.71. The van der Waals surface area contributed by atoms with E-state index >= 15 is 0 Å². The smallest absolute Gasteiger partial charge is 0.158 e. The quantitative estimate of drug-likeness (QED) is 0.607. The zero-order chi connectivity index (χ0) is 17.2. The van der Waals surface area contributed by atoms with Gasteiger partial charge in [-0.05, 0) is 6.07 Å². The van der Waals surface area contributed by atoms with Gasteiger partial charge in [-0.1, -0.05) is 0 Å². The minimum Gasteiger partial charge on any atom is -0.378 e. The van der Waals surface area contributed by atoms with Crippen molar-refractivity contribution >= 4 is 28.7 Å². The van der Waals surface area contributed by atoms with Crippen molar-refractivity contribution in [1.82, 2.24) is 20.2 Å². The average Bonchev–Trinajstić information content (AvgIpc) is 3.25. The first-order valence-electron chi connectivity index (χ1n) is 7.99. The fraction of sp³-hybridized carbons (Fsp3) is 0.312. The van der Waals surface area contributed by atoms with Crippen molar-refractivity contribution in [2.24, 2.45) is 0 Å². The van der Waals surface area contributed by atoms with Crippen LogP contribution in [0.3, 0.4) is 0 Å². The maximum Gasteiger partial charge on any atom is 0.158 e. The summed E-state index contributed by atoms with van der Waals surface area (Å²) in [6, 6.07) is 3.19. The first-order chi connectivity index (χ1) is 12.3. The third-order valence-electron chi connectivity index (χ3n) is 4.15. The average molecular weight is 344 g/mol. The van der Waals surface area contributed by atoms with Gasteiger partial charge < -0.3 is 24.7 Å². The number of aldehydes is 1. The number of nitrogens with one attached hydrogen (secondary N) is 3. The standard InChI is InChI=1S/C16H17FN6O2/c17-10-7-11-12(8-14(10)23-2-5-25-6-3-23)21-16(20-11)15-13(9-19-22-15)18-1-4-24/h4,7-9,18H,1-3,5-6H2,(H,19,22)(H,20,21). The number of benzene rings is 1. The zero-order valence-electron chi connectivity index (χ0n) is 13.4. The molecule has 0 spiro atoms. The number of rotatable bonds is 5. The molecule has 3 aromatic rings. The van der Waals surface area contributed by atoms with E-state index in [9.17, 15) is 9.18 Å². The first-order valence-corrected chi connectivity index (χ1v) is 7.99. The van der Waals surface area contributed by atoms with Gasteiger partial charge in [-0.2, -0.15) is 5.10 Å². The number of H-pyrrole nitrogens is 2. The maximum absolute atomic E-state index is 14.5. The number of carbonyl (C=O) groups is 1. The normalized spacial score (nSPS) is 14.8. The molecule has 4 rings (SSSR count). The van der Waals surface area contributed by atoms with Crippen LogP contribution >= 0.6 is 0 Å². The number of carbonyl (C=O) groups excluding carboxylic acids is 1. The molecule has 1 aromatic carbocycles. The van der Waals surface area contributed by atoms with Crippen LogP contribution < -0.4 is 10.2 Å². The Morgan fingerprint density at radius 1 is 1.36 bits per heavy atom. The van der Waals surface area contributed by atoms with Gasteiger partial charge in [0.05, 0.1) is 48.4 Å². The molecule has 2 aromatic heterocycles. The van der Waals surface area contributed by atoms with E-state index < -0.39 is 0 Å². The Morgan fingerprint density at radius 2 is 2.20 bits per heavy atom. The van der Waals surface area contributed by atoms with Gasteiger partial charge in [0.1, 0.15) is 17.8 Å². The van der Waals surface area contributed by atoms with Gasteiger partial charge in [-0.15, -0.1) is 0 Å². The Bertz CT molecular complexity index is 899. The van der Waals surface area contributed by atoms with Crippen molar-refractivity contribution < 1.29 is 13.9 Å². The summed E-state index contributed by atoms with van der Waals surface area (Å²) < 4.78 is 19.8. The summed E-state index contributed by atoms with van der Waals surface area (Å²) >= 11 is 0. The lowest BCUT2D eigenvalue weighted by atomic mass is 10.2.